The molecule has 0 aromatic rings. The van der Waals surface area contributed by atoms with Gasteiger partial charge in [-0.2, -0.15) is 0 Å². The van der Waals surface area contributed by atoms with Crippen LogP contribution in [0, 0.1) is 11.8 Å². The van der Waals surface area contributed by atoms with Crippen molar-refractivity contribution in [2.75, 3.05) is 20.1 Å². The van der Waals surface area contributed by atoms with Crippen LogP contribution in [0.5, 0.6) is 0 Å². The highest BCUT2D eigenvalue weighted by molar-refractivity contribution is 14.0. The molecule has 0 spiro atoms. The lowest BCUT2D eigenvalue weighted by molar-refractivity contribution is 0.150. The van der Waals surface area contributed by atoms with Gasteiger partial charge in [0.25, 0.3) is 0 Å². The maximum Gasteiger partial charge on any atom is 0.191 e. The van der Waals surface area contributed by atoms with Gasteiger partial charge in [0.1, 0.15) is 0 Å². The van der Waals surface area contributed by atoms with Crippen molar-refractivity contribution in [3.05, 3.63) is 0 Å². The summed E-state index contributed by atoms with van der Waals surface area (Å²) in [7, 11) is 1.93. The summed E-state index contributed by atoms with van der Waals surface area (Å²) in [5, 5.41) is 7.45. The van der Waals surface area contributed by atoms with Crippen molar-refractivity contribution >= 4 is 29.9 Å². The Balaban J connectivity index is 0.00000196. The molecule has 0 aromatic heterocycles. The maximum atomic E-state index is 4.52. The van der Waals surface area contributed by atoms with Crippen LogP contribution in [0.2, 0.25) is 0 Å². The molecule has 0 amide bonds. The Morgan fingerprint density at radius 2 is 1.50 bits per heavy atom. The summed E-state index contributed by atoms with van der Waals surface area (Å²) in [5.74, 6) is 2.96. The minimum Gasteiger partial charge on any atom is -0.354 e. The van der Waals surface area contributed by atoms with E-state index in [2.05, 4.69) is 20.5 Å². The molecule has 3 saturated carbocycles. The van der Waals surface area contributed by atoms with E-state index in [9.17, 15) is 0 Å². The van der Waals surface area contributed by atoms with E-state index in [0.29, 0.717) is 12.1 Å². The largest absolute Gasteiger partial charge is 0.354 e. The van der Waals surface area contributed by atoms with Crippen molar-refractivity contribution in [3.8, 4) is 0 Å². The number of piperidine rings is 1. The molecular formula is C21H39IN4. The molecule has 26 heavy (non-hydrogen) atoms. The van der Waals surface area contributed by atoms with Crippen molar-refractivity contribution < 1.29 is 0 Å². The highest BCUT2D eigenvalue weighted by Crippen LogP contribution is 2.44. The Morgan fingerprint density at radius 3 is 2.15 bits per heavy atom. The molecule has 0 bridgehead atoms. The molecule has 2 unspecified atom stereocenters. The van der Waals surface area contributed by atoms with Crippen LogP contribution in [-0.4, -0.2) is 49.1 Å². The fourth-order valence-electron chi connectivity index (χ4n) is 5.68. The third kappa shape index (κ3) is 5.27. The first kappa shape index (κ1) is 20.7. The molecule has 0 radical (unpaired) electrons. The minimum atomic E-state index is 0. The van der Waals surface area contributed by atoms with Crippen LogP contribution in [-0.2, 0) is 0 Å². The van der Waals surface area contributed by atoms with Crippen LogP contribution in [0.15, 0.2) is 4.99 Å². The van der Waals surface area contributed by atoms with Crippen LogP contribution >= 0.6 is 24.0 Å². The number of likely N-dealkylation sites (tertiary alicyclic amines) is 1. The van der Waals surface area contributed by atoms with Gasteiger partial charge >= 0.3 is 0 Å². The van der Waals surface area contributed by atoms with E-state index in [4.69, 9.17) is 0 Å². The second-order valence-electron chi connectivity index (χ2n) is 9.01. The summed E-state index contributed by atoms with van der Waals surface area (Å²) < 4.78 is 0. The van der Waals surface area contributed by atoms with E-state index in [-0.39, 0.29) is 24.0 Å². The molecule has 3 aliphatic carbocycles. The Kier molecular flexibility index (Phi) is 7.91. The predicted octanol–water partition coefficient (Wildman–Crippen LogP) is 4.15. The third-order valence-electron chi connectivity index (χ3n) is 7.35. The summed E-state index contributed by atoms with van der Waals surface area (Å²) in [4.78, 5) is 7.27. The highest BCUT2D eigenvalue weighted by atomic mass is 127. The molecule has 1 aliphatic heterocycles. The van der Waals surface area contributed by atoms with Crippen LogP contribution in [0.25, 0.3) is 0 Å². The third-order valence-corrected chi connectivity index (χ3v) is 7.35. The number of aliphatic imine (C=N–C) groups is 1. The van der Waals surface area contributed by atoms with Gasteiger partial charge in [0.2, 0.25) is 0 Å². The normalized spacial score (nSPS) is 32.3. The number of nitrogens with one attached hydrogen (secondary N) is 2. The van der Waals surface area contributed by atoms with Crippen LogP contribution in [0.3, 0.4) is 0 Å². The summed E-state index contributed by atoms with van der Waals surface area (Å²) in [5.41, 5.74) is 0. The zero-order chi connectivity index (χ0) is 17.1. The Hall–Kier alpha value is -0.0400. The number of halogens is 1. The second kappa shape index (κ2) is 9.94. The van der Waals surface area contributed by atoms with Gasteiger partial charge in [-0.25, -0.2) is 0 Å². The zero-order valence-corrected chi connectivity index (χ0v) is 18.9. The monoisotopic (exact) mass is 474 g/mol. The van der Waals surface area contributed by atoms with Crippen molar-refractivity contribution in [2.24, 2.45) is 16.8 Å². The lowest BCUT2D eigenvalue weighted by Gasteiger charge is -2.36. The molecule has 5 heteroatoms. The topological polar surface area (TPSA) is 39.7 Å². The first-order valence-corrected chi connectivity index (χ1v) is 11.1. The molecule has 0 aromatic carbocycles. The van der Waals surface area contributed by atoms with Gasteiger partial charge in [-0.1, -0.05) is 44.9 Å². The van der Waals surface area contributed by atoms with E-state index < -0.39 is 0 Å². The first-order valence-electron chi connectivity index (χ1n) is 11.1. The Labute approximate surface area is 177 Å². The Bertz CT molecular complexity index is 449. The van der Waals surface area contributed by atoms with E-state index in [1.165, 1.54) is 90.1 Å². The maximum absolute atomic E-state index is 4.52. The van der Waals surface area contributed by atoms with E-state index >= 15 is 0 Å². The quantitative estimate of drug-likeness (QED) is 0.366. The number of hydrogen-bond donors (Lipinski definition) is 2. The minimum absolute atomic E-state index is 0. The number of guanidine groups is 1. The van der Waals surface area contributed by atoms with Gasteiger partial charge < -0.3 is 15.5 Å². The molecule has 150 valence electrons. The molecular weight excluding hydrogens is 435 g/mol. The van der Waals surface area contributed by atoms with E-state index in [1.54, 1.807) is 0 Å². The average molecular weight is 474 g/mol. The van der Waals surface area contributed by atoms with Gasteiger partial charge in [-0.05, 0) is 43.9 Å². The first-order chi connectivity index (χ1) is 12.3. The average Bonchev–Trinajstić information content (AvgIpc) is 3.21. The molecule has 4 aliphatic rings. The van der Waals surface area contributed by atoms with Crippen molar-refractivity contribution in [1.29, 1.82) is 0 Å². The fraction of sp³-hybridized carbons (Fsp3) is 0.952. The van der Waals surface area contributed by atoms with Crippen LogP contribution < -0.4 is 10.6 Å². The van der Waals surface area contributed by atoms with Gasteiger partial charge in [0.15, 0.2) is 5.96 Å². The zero-order valence-electron chi connectivity index (χ0n) is 16.6. The SMILES string of the molecule is CN=C(NC1CCN(C2CCCC2)CC1)NC1CC1C1CCCCC1.I. The summed E-state index contributed by atoms with van der Waals surface area (Å²) >= 11 is 0. The highest BCUT2D eigenvalue weighted by Gasteiger charge is 2.43. The predicted molar refractivity (Wildman–Crippen MR) is 120 cm³/mol. The lowest BCUT2D eigenvalue weighted by Crippen LogP contribution is -2.50. The molecule has 2 N–H and O–H groups in total. The summed E-state index contributed by atoms with van der Waals surface area (Å²) in [6.45, 7) is 2.54. The summed E-state index contributed by atoms with van der Waals surface area (Å²) in [6, 6.07) is 2.18. The van der Waals surface area contributed by atoms with Crippen molar-refractivity contribution in [1.82, 2.24) is 15.5 Å². The number of rotatable bonds is 4. The van der Waals surface area contributed by atoms with E-state index in [1.807, 2.05) is 7.05 Å². The smallest absolute Gasteiger partial charge is 0.191 e. The summed E-state index contributed by atoms with van der Waals surface area (Å²) in [6.07, 6.45) is 17.0. The second-order valence-corrected chi connectivity index (χ2v) is 9.01. The van der Waals surface area contributed by atoms with Crippen LogP contribution in [0.1, 0.15) is 77.0 Å². The molecule has 2 atom stereocenters. The van der Waals surface area contributed by atoms with Crippen molar-refractivity contribution in [3.63, 3.8) is 0 Å². The Morgan fingerprint density at radius 1 is 0.846 bits per heavy atom. The van der Waals surface area contributed by atoms with Crippen LogP contribution in [0.4, 0.5) is 0 Å². The molecule has 1 heterocycles. The number of hydrogen-bond acceptors (Lipinski definition) is 2. The van der Waals surface area contributed by atoms with Crippen molar-refractivity contribution in [2.45, 2.75) is 95.2 Å². The molecule has 1 saturated heterocycles. The number of nitrogens with zero attached hydrogens (tertiary/aromatic N) is 2. The standard InChI is InChI=1S/C21H38N4.HI/c1-22-21(24-20-15-19(20)16-7-3-2-4-8-16)23-17-11-13-25(14-12-17)18-9-5-6-10-18;/h16-20H,2-15H2,1H3,(H2,22,23,24);1H. The molecule has 4 fully saturated rings. The fourth-order valence-corrected chi connectivity index (χ4v) is 5.68. The van der Waals surface area contributed by atoms with Gasteiger partial charge in [-0.15, -0.1) is 24.0 Å². The van der Waals surface area contributed by atoms with Gasteiger partial charge in [-0.3, -0.25) is 4.99 Å². The van der Waals surface area contributed by atoms with Gasteiger partial charge in [0.05, 0.1) is 0 Å². The molecule has 4 rings (SSSR count). The molecule has 4 nitrogen and oxygen atoms in total. The van der Waals surface area contributed by atoms with Gasteiger partial charge in [0, 0.05) is 38.3 Å². The van der Waals surface area contributed by atoms with E-state index in [0.717, 1.165) is 23.8 Å². The lowest BCUT2D eigenvalue weighted by atomic mass is 9.85.